The van der Waals surface area contributed by atoms with Crippen LogP contribution < -0.4 is 5.73 Å². The standard InChI is InChI=1S/C15H28N2/c1-3-12-9-10-14(11(12)2)17-15(16)13-7-5-4-6-8-13/h11-14H,3-10H2,1-2H3,(H2,16,17). The SMILES string of the molecule is CCC1CCC(N=C(N)C2CCCCC2)C1C. The number of rotatable bonds is 3. The molecule has 2 heteroatoms. The van der Waals surface area contributed by atoms with Gasteiger partial charge in [-0.2, -0.15) is 0 Å². The highest BCUT2D eigenvalue weighted by atomic mass is 14.9. The summed E-state index contributed by atoms with van der Waals surface area (Å²) in [5, 5.41) is 0. The van der Waals surface area contributed by atoms with Crippen molar-refractivity contribution in [2.75, 3.05) is 0 Å². The highest BCUT2D eigenvalue weighted by Crippen LogP contribution is 2.36. The molecule has 0 aromatic rings. The smallest absolute Gasteiger partial charge is 0.0971 e. The van der Waals surface area contributed by atoms with Gasteiger partial charge in [-0.25, -0.2) is 0 Å². The van der Waals surface area contributed by atoms with Crippen molar-refractivity contribution in [3.63, 3.8) is 0 Å². The predicted molar refractivity (Wildman–Crippen MR) is 74.2 cm³/mol. The van der Waals surface area contributed by atoms with Crippen LogP contribution in [0.15, 0.2) is 4.99 Å². The third-order valence-corrected chi connectivity index (χ3v) is 5.05. The van der Waals surface area contributed by atoms with Gasteiger partial charge in [0, 0.05) is 5.92 Å². The van der Waals surface area contributed by atoms with E-state index in [1.165, 1.54) is 51.4 Å². The van der Waals surface area contributed by atoms with Gasteiger partial charge < -0.3 is 5.73 Å². The molecule has 0 bridgehead atoms. The molecule has 0 aromatic heterocycles. The van der Waals surface area contributed by atoms with Gasteiger partial charge in [0.15, 0.2) is 0 Å². The average molecular weight is 236 g/mol. The van der Waals surface area contributed by atoms with Crippen LogP contribution in [0.3, 0.4) is 0 Å². The molecular formula is C15H28N2. The summed E-state index contributed by atoms with van der Waals surface area (Å²) in [6, 6.07) is 0.516. The lowest BCUT2D eigenvalue weighted by Crippen LogP contribution is -2.28. The molecule has 3 unspecified atom stereocenters. The number of amidine groups is 1. The van der Waals surface area contributed by atoms with Crippen LogP contribution in [0.25, 0.3) is 0 Å². The molecule has 2 rings (SSSR count). The summed E-state index contributed by atoms with van der Waals surface area (Å²) in [4.78, 5) is 4.87. The largest absolute Gasteiger partial charge is 0.387 e. The van der Waals surface area contributed by atoms with Crippen LogP contribution in [0, 0.1) is 17.8 Å². The van der Waals surface area contributed by atoms with E-state index in [4.69, 9.17) is 10.7 Å². The Bertz CT molecular complexity index is 266. The van der Waals surface area contributed by atoms with Gasteiger partial charge in [0.1, 0.15) is 0 Å². The molecule has 0 spiro atoms. The number of aliphatic imine (C=N–C) groups is 1. The first-order valence-corrected chi connectivity index (χ1v) is 7.55. The summed E-state index contributed by atoms with van der Waals surface area (Å²) in [5.74, 6) is 3.18. The molecule has 98 valence electrons. The molecule has 17 heavy (non-hydrogen) atoms. The van der Waals surface area contributed by atoms with Crippen LogP contribution in [0.5, 0.6) is 0 Å². The van der Waals surface area contributed by atoms with Gasteiger partial charge in [-0.15, -0.1) is 0 Å². The Hall–Kier alpha value is -0.530. The summed E-state index contributed by atoms with van der Waals surface area (Å²) in [5.41, 5.74) is 6.23. The number of nitrogens with two attached hydrogens (primary N) is 1. The van der Waals surface area contributed by atoms with Crippen LogP contribution >= 0.6 is 0 Å². The van der Waals surface area contributed by atoms with E-state index < -0.39 is 0 Å². The molecule has 2 aliphatic rings. The Morgan fingerprint density at radius 2 is 1.82 bits per heavy atom. The zero-order chi connectivity index (χ0) is 12.3. The van der Waals surface area contributed by atoms with E-state index in [9.17, 15) is 0 Å². The molecule has 0 heterocycles. The molecule has 2 fully saturated rings. The maximum absolute atomic E-state index is 6.23. The minimum atomic E-state index is 0.516. The quantitative estimate of drug-likeness (QED) is 0.588. The van der Waals surface area contributed by atoms with Gasteiger partial charge in [-0.05, 0) is 37.5 Å². The Kier molecular flexibility index (Phi) is 4.47. The predicted octanol–water partition coefficient (Wildman–Crippen LogP) is 3.75. The molecule has 2 nitrogen and oxygen atoms in total. The molecule has 2 N–H and O–H groups in total. The Morgan fingerprint density at radius 1 is 1.12 bits per heavy atom. The minimum Gasteiger partial charge on any atom is -0.387 e. The first-order chi connectivity index (χ1) is 8.22. The lowest BCUT2D eigenvalue weighted by atomic mass is 9.88. The molecule has 3 atom stereocenters. The lowest BCUT2D eigenvalue weighted by molar-refractivity contribution is 0.380. The summed E-state index contributed by atoms with van der Waals surface area (Å²) in [7, 11) is 0. The Labute approximate surface area is 106 Å². The first kappa shape index (κ1) is 12.9. The third kappa shape index (κ3) is 3.02. The van der Waals surface area contributed by atoms with E-state index in [2.05, 4.69) is 13.8 Å². The normalized spacial score (nSPS) is 36.4. The van der Waals surface area contributed by atoms with Gasteiger partial charge in [0.2, 0.25) is 0 Å². The van der Waals surface area contributed by atoms with E-state index >= 15 is 0 Å². The van der Waals surface area contributed by atoms with E-state index in [1.54, 1.807) is 0 Å². The van der Waals surface area contributed by atoms with Crippen LogP contribution in [0.4, 0.5) is 0 Å². The van der Waals surface area contributed by atoms with Crippen LogP contribution in [0.2, 0.25) is 0 Å². The molecule has 2 aliphatic carbocycles. The van der Waals surface area contributed by atoms with Crippen molar-refractivity contribution in [1.82, 2.24) is 0 Å². The maximum Gasteiger partial charge on any atom is 0.0971 e. The van der Waals surface area contributed by atoms with Crippen LogP contribution in [-0.2, 0) is 0 Å². The first-order valence-electron chi connectivity index (χ1n) is 7.55. The van der Waals surface area contributed by atoms with Gasteiger partial charge in [-0.3, -0.25) is 4.99 Å². The second kappa shape index (κ2) is 5.88. The molecule has 2 saturated carbocycles. The summed E-state index contributed by atoms with van der Waals surface area (Å²) in [6.07, 6.45) is 10.5. The molecule has 0 aliphatic heterocycles. The number of hydrogen-bond acceptors (Lipinski definition) is 1. The fraction of sp³-hybridized carbons (Fsp3) is 0.933. The second-order valence-electron chi connectivity index (χ2n) is 6.06. The van der Waals surface area contributed by atoms with Crippen LogP contribution in [0.1, 0.15) is 65.2 Å². The van der Waals surface area contributed by atoms with Crippen molar-refractivity contribution >= 4 is 5.84 Å². The Balaban J connectivity index is 1.94. The summed E-state index contributed by atoms with van der Waals surface area (Å²) < 4.78 is 0. The van der Waals surface area contributed by atoms with Gasteiger partial charge in [-0.1, -0.05) is 39.5 Å². The van der Waals surface area contributed by atoms with Crippen molar-refractivity contribution in [2.24, 2.45) is 28.5 Å². The Morgan fingerprint density at radius 3 is 2.41 bits per heavy atom. The van der Waals surface area contributed by atoms with Crippen molar-refractivity contribution in [1.29, 1.82) is 0 Å². The minimum absolute atomic E-state index is 0.516. The molecule has 0 amide bonds. The molecule has 0 saturated heterocycles. The van der Waals surface area contributed by atoms with Crippen molar-refractivity contribution in [2.45, 2.75) is 71.3 Å². The fourth-order valence-electron chi connectivity index (χ4n) is 3.68. The zero-order valence-electron chi connectivity index (χ0n) is 11.5. The third-order valence-electron chi connectivity index (χ3n) is 5.05. The highest BCUT2D eigenvalue weighted by Gasteiger charge is 2.32. The fourth-order valence-corrected chi connectivity index (χ4v) is 3.68. The van der Waals surface area contributed by atoms with E-state index in [-0.39, 0.29) is 0 Å². The van der Waals surface area contributed by atoms with Gasteiger partial charge in [0.05, 0.1) is 11.9 Å². The maximum atomic E-state index is 6.23. The topological polar surface area (TPSA) is 38.4 Å². The van der Waals surface area contributed by atoms with Crippen molar-refractivity contribution < 1.29 is 0 Å². The zero-order valence-corrected chi connectivity index (χ0v) is 11.5. The summed E-state index contributed by atoms with van der Waals surface area (Å²) in [6.45, 7) is 4.67. The van der Waals surface area contributed by atoms with E-state index in [0.717, 1.165) is 17.7 Å². The summed E-state index contributed by atoms with van der Waals surface area (Å²) >= 11 is 0. The molecular weight excluding hydrogens is 208 g/mol. The van der Waals surface area contributed by atoms with Crippen molar-refractivity contribution in [3.8, 4) is 0 Å². The average Bonchev–Trinajstić information content (AvgIpc) is 2.71. The van der Waals surface area contributed by atoms with Gasteiger partial charge in [0.25, 0.3) is 0 Å². The van der Waals surface area contributed by atoms with Crippen molar-refractivity contribution in [3.05, 3.63) is 0 Å². The monoisotopic (exact) mass is 236 g/mol. The van der Waals surface area contributed by atoms with E-state index in [1.807, 2.05) is 0 Å². The lowest BCUT2D eigenvalue weighted by Gasteiger charge is -2.23. The van der Waals surface area contributed by atoms with Crippen LogP contribution in [-0.4, -0.2) is 11.9 Å². The van der Waals surface area contributed by atoms with Gasteiger partial charge >= 0.3 is 0 Å². The number of hydrogen-bond donors (Lipinski definition) is 1. The number of nitrogens with zero attached hydrogens (tertiary/aromatic N) is 1. The second-order valence-corrected chi connectivity index (χ2v) is 6.06. The molecule has 0 radical (unpaired) electrons. The highest BCUT2D eigenvalue weighted by molar-refractivity contribution is 5.83. The van der Waals surface area contributed by atoms with E-state index in [0.29, 0.717) is 12.0 Å². The molecule has 0 aromatic carbocycles.